The van der Waals surface area contributed by atoms with Crippen LogP contribution in [0.1, 0.15) is 345 Å². The molecule has 2 unspecified atom stereocenters. The highest BCUT2D eigenvalue weighted by Crippen LogP contribution is 2.52. The lowest BCUT2D eigenvalue weighted by Gasteiger charge is -2.16. The van der Waals surface area contributed by atoms with E-state index in [1.807, 2.05) is 36.4 Å². The number of nitrogens with zero attached hydrogens (tertiary/aromatic N) is 13. The molecule has 0 saturated heterocycles. The molecule has 3 aromatic rings. The summed E-state index contributed by atoms with van der Waals surface area (Å²) in [6.45, 7) is 5.33. The fraction of sp³-hybridized carbons (Fsp3) is 0.711. The highest BCUT2D eigenvalue weighted by Gasteiger charge is 2.65. The lowest BCUT2D eigenvalue weighted by Crippen LogP contribution is -2.30. The minimum Gasteiger partial charge on any atom is -0.494 e. The van der Waals surface area contributed by atoms with Gasteiger partial charge in [-0.05, 0) is 123 Å². The van der Waals surface area contributed by atoms with Crippen molar-refractivity contribution in [1.29, 1.82) is 0 Å². The van der Waals surface area contributed by atoms with Crippen LogP contribution in [0.15, 0.2) is 109 Å². The molecule has 638 valence electrons. The molecule has 2 aliphatic heterocycles. The van der Waals surface area contributed by atoms with Crippen LogP contribution in [0, 0.1) is 0 Å². The summed E-state index contributed by atoms with van der Waals surface area (Å²) in [5.41, 5.74) is 25.1. The molecule has 2 aliphatic rings. The van der Waals surface area contributed by atoms with Gasteiger partial charge < -0.3 is 44.5 Å². The number of hydrogen-bond donors (Lipinski definition) is 5. The first-order valence-electron chi connectivity index (χ1n) is 41.6. The highest BCUT2D eigenvalue weighted by atomic mass is 19.4. The van der Waals surface area contributed by atoms with Crippen molar-refractivity contribution in [2.45, 2.75) is 359 Å². The van der Waals surface area contributed by atoms with E-state index in [0.717, 1.165) is 197 Å². The molecule has 2 atom stereocenters. The van der Waals surface area contributed by atoms with E-state index < -0.39 is 54.4 Å². The summed E-state index contributed by atoms with van der Waals surface area (Å²) in [5, 5.41) is 67.0. The van der Waals surface area contributed by atoms with Gasteiger partial charge in [0.05, 0.1) is 19.8 Å². The minimum atomic E-state index is -4.55. The predicted molar refractivity (Wildman–Crippen MR) is 432 cm³/mol. The number of rotatable bonds is 65. The first-order chi connectivity index (χ1) is 55.1. The van der Waals surface area contributed by atoms with Crippen LogP contribution in [0.2, 0.25) is 0 Å². The van der Waals surface area contributed by atoms with Gasteiger partial charge in [-0.25, -0.2) is 9.59 Å². The van der Waals surface area contributed by atoms with Crippen molar-refractivity contribution in [2.75, 3.05) is 19.8 Å². The molecule has 3 aromatic carbocycles. The standard InChI is InChI=1S/C19H35N3O4.C18H35N3O2.C18H26N2O3.C17H25N3O3.C11H9F3N2O3/c1-2-3-4-11-14-17(26-19(25)21-22-20)15-12-9-7-5-6-8-10-13-16-18(23)24;1-2-3-4-11-14-17(20-21-19)15-12-9-7-5-6-8-10-13-16-18(22)23;21-17(22)12-7-5-3-1-2-4-6-8-13-23-16-11-9-10-15(14-16)18-19-20-18;18-20-19-15-10-9-11-16(14-15)23-13-8-6-4-2-1-3-5-7-12-17(21)22;12-11(13,14)10(15-16-10)8-3-1-7(2-4-8)5-19-6-9(17)18/h17H,2-16H2,1H3,(H,23,24);17H,2-16H2,1H3,(H,22,23);9-11,14,18H,1-8,12-13H2,(H,21,22);9-11,14H,1-8,12-13H2,(H,21,22);1-4H,5-6H2,(H,17,18). The van der Waals surface area contributed by atoms with Crippen LogP contribution < -0.4 is 9.47 Å². The van der Waals surface area contributed by atoms with E-state index in [0.29, 0.717) is 30.7 Å². The first-order valence-corrected chi connectivity index (χ1v) is 41.6. The number of aliphatic carboxylic acids is 5. The van der Waals surface area contributed by atoms with Crippen LogP contribution in [0.3, 0.4) is 0 Å². The Labute approximate surface area is 671 Å². The third-order valence-corrected chi connectivity index (χ3v) is 18.7. The van der Waals surface area contributed by atoms with Crippen molar-refractivity contribution in [3.8, 4) is 11.5 Å². The number of halogens is 3. The molecule has 2 heterocycles. The van der Waals surface area contributed by atoms with Crippen molar-refractivity contribution in [1.82, 2.24) is 0 Å². The SMILES string of the molecule is CCCCCCC(CCCCCCCCCCC(=O)O)N=[N+]=[N-].CCCCCCC(CCCCCCCCCCC(=O)O)OC(=O)N=[N+]=[N-].O=C(O)CCCCCCCCCCOc1cccc(C2N=N2)c1.O=C(O)COCc1ccc(C2(C(F)(F)F)N=N2)cc1.[N-]=[N+]=Nc1cccc(OCCCCCCCCCCC(=O)O)c1. The van der Waals surface area contributed by atoms with Crippen LogP contribution >= 0.6 is 0 Å². The number of benzene rings is 3. The fourth-order valence-electron chi connectivity index (χ4n) is 12.2. The number of carbonyl (C=O) groups is 6. The Kier molecular flexibility index (Phi) is 62.7. The van der Waals surface area contributed by atoms with E-state index in [-0.39, 0.29) is 43.3 Å². The summed E-state index contributed by atoms with van der Waals surface area (Å²) in [7, 11) is 0. The van der Waals surface area contributed by atoms with Crippen molar-refractivity contribution in [3.63, 3.8) is 0 Å². The molecule has 5 rings (SSSR count). The van der Waals surface area contributed by atoms with Crippen LogP contribution in [0.4, 0.5) is 23.7 Å². The van der Waals surface area contributed by atoms with Gasteiger partial charge in [0.2, 0.25) is 6.17 Å². The van der Waals surface area contributed by atoms with E-state index in [1.165, 1.54) is 133 Å². The number of carboxylic acids is 5. The predicted octanol–water partition coefficient (Wildman–Crippen LogP) is 26.6. The van der Waals surface area contributed by atoms with Gasteiger partial charge >= 0.3 is 47.8 Å². The van der Waals surface area contributed by atoms with Gasteiger partial charge in [-0.1, -0.05) is 278 Å². The molecule has 114 heavy (non-hydrogen) atoms. The molecule has 0 aromatic heterocycles. The highest BCUT2D eigenvalue weighted by molar-refractivity contribution is 5.69. The lowest BCUT2D eigenvalue weighted by atomic mass is 10.0. The summed E-state index contributed by atoms with van der Waals surface area (Å²) >= 11 is 0. The summed E-state index contributed by atoms with van der Waals surface area (Å²) < 4.78 is 59.6. The molecule has 1 amide bonds. The first kappa shape index (κ1) is 103. The quantitative estimate of drug-likeness (QED) is 0.0152. The normalized spacial score (nSPS) is 12.5. The molecular weight excluding hydrogens is 1480 g/mol. The van der Waals surface area contributed by atoms with E-state index in [4.69, 9.17) is 61.1 Å². The third kappa shape index (κ3) is 60.5. The Morgan fingerprint density at radius 2 is 0.851 bits per heavy atom. The lowest BCUT2D eigenvalue weighted by molar-refractivity contribution is -0.166. The van der Waals surface area contributed by atoms with Gasteiger partial charge in [0.1, 0.15) is 24.2 Å². The zero-order chi connectivity index (χ0) is 83.8. The van der Waals surface area contributed by atoms with Crippen molar-refractivity contribution in [2.24, 2.45) is 35.8 Å². The molecule has 28 nitrogen and oxygen atoms in total. The Balaban J connectivity index is 0.000000714. The molecule has 0 radical (unpaired) electrons. The van der Waals surface area contributed by atoms with Crippen LogP contribution in [0.5, 0.6) is 11.5 Å². The Morgan fingerprint density at radius 3 is 1.22 bits per heavy atom. The topological polar surface area (TPSA) is 436 Å². The second kappa shape index (κ2) is 69.5. The van der Waals surface area contributed by atoms with E-state index in [2.05, 4.69) is 64.4 Å². The summed E-state index contributed by atoms with van der Waals surface area (Å²) in [6, 6.07) is 20.7. The maximum atomic E-state index is 12.7. The van der Waals surface area contributed by atoms with Crippen LogP contribution in [-0.2, 0) is 45.7 Å². The smallest absolute Gasteiger partial charge is 0.442 e. The van der Waals surface area contributed by atoms with Gasteiger partial charge in [-0.3, -0.25) is 19.2 Å². The van der Waals surface area contributed by atoms with Crippen molar-refractivity contribution in [3.05, 3.63) is 121 Å². The number of azide groups is 3. The zero-order valence-corrected chi connectivity index (χ0v) is 67.7. The average Bonchev–Trinajstić information content (AvgIpc) is 1.58. The number of ether oxygens (including phenoxy) is 4. The van der Waals surface area contributed by atoms with E-state index in [9.17, 15) is 41.9 Å². The fourth-order valence-corrected chi connectivity index (χ4v) is 12.2. The monoisotopic (exact) mass is 1610 g/mol. The minimum absolute atomic E-state index is 0.0138. The third-order valence-electron chi connectivity index (χ3n) is 18.7. The van der Waals surface area contributed by atoms with Gasteiger partial charge in [-0.15, -0.1) is 10.2 Å². The number of alkyl halides is 3. The van der Waals surface area contributed by atoms with Gasteiger partial charge in [-0.2, -0.15) is 23.4 Å². The maximum absolute atomic E-state index is 12.7. The Morgan fingerprint density at radius 1 is 0.465 bits per heavy atom. The number of amides is 1. The van der Waals surface area contributed by atoms with Crippen LogP contribution in [-0.4, -0.2) is 99.6 Å². The number of carbonyl (C=O) groups excluding carboxylic acids is 1. The molecule has 0 fully saturated rings. The maximum Gasteiger partial charge on any atom is 0.442 e. The zero-order valence-electron chi connectivity index (χ0n) is 67.7. The molecule has 0 aliphatic carbocycles. The van der Waals surface area contributed by atoms with Crippen molar-refractivity contribution < 1.29 is 86.4 Å². The summed E-state index contributed by atoms with van der Waals surface area (Å²) in [4.78, 5) is 71.3. The number of hydrogen-bond acceptors (Lipinski definition) is 16. The molecule has 5 N–H and O–H groups in total. The molecule has 0 spiro atoms. The van der Waals surface area contributed by atoms with Gasteiger partial charge in [0.15, 0.2) is 0 Å². The second-order valence-electron chi connectivity index (χ2n) is 28.7. The number of carboxylic acid groups (broad SMARTS) is 5. The molecule has 31 heteroatoms. The Hall–Kier alpha value is -9.04. The van der Waals surface area contributed by atoms with Gasteiger partial charge in [0.25, 0.3) is 0 Å². The summed E-state index contributed by atoms with van der Waals surface area (Å²) in [6.07, 6.45) is 43.8. The summed E-state index contributed by atoms with van der Waals surface area (Å²) in [5.74, 6) is -2.26. The Bertz CT molecular complexity index is 3270. The second-order valence-corrected chi connectivity index (χ2v) is 28.7. The molecule has 0 saturated carbocycles. The van der Waals surface area contributed by atoms with Gasteiger partial charge in [0, 0.05) is 68.4 Å². The largest absolute Gasteiger partial charge is 0.494 e. The molecular formula is C83H130F3N13O15. The van der Waals surface area contributed by atoms with Crippen LogP contribution in [0.25, 0.3) is 31.3 Å². The van der Waals surface area contributed by atoms with E-state index in [1.54, 1.807) is 12.1 Å². The molecule has 0 bridgehead atoms. The average molecular weight is 1610 g/mol. The number of unbranched alkanes of at least 4 members (excludes halogenated alkanes) is 34. The van der Waals surface area contributed by atoms with Crippen molar-refractivity contribution >= 4 is 41.6 Å². The van der Waals surface area contributed by atoms with E-state index >= 15 is 0 Å².